The maximum absolute atomic E-state index is 8.79. The average molecular weight is 367 g/mol. The average Bonchev–Trinajstić information content (AvgIpc) is 2.59. The molecule has 2 atom stereocenters. The number of halogens is 1. The van der Waals surface area contributed by atoms with Crippen LogP contribution in [0.5, 0.6) is 5.75 Å². The van der Waals surface area contributed by atoms with E-state index in [2.05, 4.69) is 15.9 Å². The van der Waals surface area contributed by atoms with Crippen molar-refractivity contribution in [2.45, 2.75) is 18.6 Å². The van der Waals surface area contributed by atoms with Crippen molar-refractivity contribution in [2.24, 2.45) is 5.73 Å². The van der Waals surface area contributed by atoms with Gasteiger partial charge in [-0.25, -0.2) is 0 Å². The van der Waals surface area contributed by atoms with Gasteiger partial charge in [-0.15, -0.1) is 12.4 Å². The minimum absolute atomic E-state index is 0. The summed E-state index contributed by atoms with van der Waals surface area (Å²) in [6.07, 6.45) is 1.61. The molecule has 2 heterocycles. The lowest BCUT2D eigenvalue weighted by atomic mass is 10.1. The molecule has 2 fully saturated rings. The summed E-state index contributed by atoms with van der Waals surface area (Å²) in [7, 11) is 0. The Morgan fingerprint density at radius 2 is 1.68 bits per heavy atom. The lowest BCUT2D eigenvalue weighted by Crippen LogP contribution is -2.60. The Morgan fingerprint density at radius 3 is 2.24 bits per heavy atom. The number of morpholine rings is 2. The molecule has 1 aromatic carbocycles. The van der Waals surface area contributed by atoms with Gasteiger partial charge in [-0.3, -0.25) is 9.80 Å². The topological polar surface area (TPSA) is 74.8 Å². The lowest BCUT2D eigenvalue weighted by molar-refractivity contribution is -0.138. The number of nitrogens with zero attached hydrogens (tertiary/aromatic N) is 3. The molecule has 0 spiro atoms. The smallest absolute Gasteiger partial charge is 0.119 e. The molecule has 0 saturated carbocycles. The fourth-order valence-electron chi connectivity index (χ4n) is 3.51. The molecule has 7 heteroatoms. The number of rotatable bonds is 7. The van der Waals surface area contributed by atoms with Crippen LogP contribution in [0, 0.1) is 11.3 Å². The zero-order valence-corrected chi connectivity index (χ0v) is 15.3. The Morgan fingerprint density at radius 1 is 1.08 bits per heavy atom. The third-order valence-corrected chi connectivity index (χ3v) is 4.55. The van der Waals surface area contributed by atoms with Gasteiger partial charge in [-0.1, -0.05) is 0 Å². The van der Waals surface area contributed by atoms with Gasteiger partial charge < -0.3 is 15.2 Å². The van der Waals surface area contributed by atoms with Crippen molar-refractivity contribution in [1.82, 2.24) is 9.80 Å². The summed E-state index contributed by atoms with van der Waals surface area (Å²) < 4.78 is 11.8. The first-order valence-corrected chi connectivity index (χ1v) is 8.70. The standard InChI is InChI=1S/C18H26N4O2.ClH/c19-6-8-22-13-17-11-21(12-18(14-22)24-17)7-1-9-23-16-4-2-15(10-20)3-5-16;/h2-5,17-18H,1,6-9,11-14,19H2;1H. The molecule has 2 bridgehead atoms. The van der Waals surface area contributed by atoms with Gasteiger partial charge in [-0.05, 0) is 30.7 Å². The number of ether oxygens (including phenoxy) is 2. The molecule has 2 aliphatic heterocycles. The van der Waals surface area contributed by atoms with Crippen LogP contribution < -0.4 is 10.5 Å². The van der Waals surface area contributed by atoms with E-state index in [1.165, 1.54) is 0 Å². The van der Waals surface area contributed by atoms with Gasteiger partial charge in [0, 0.05) is 45.8 Å². The molecule has 3 rings (SSSR count). The van der Waals surface area contributed by atoms with Gasteiger partial charge >= 0.3 is 0 Å². The van der Waals surface area contributed by atoms with E-state index in [0.29, 0.717) is 24.4 Å². The Bertz CT molecular complexity index is 549. The van der Waals surface area contributed by atoms with Crippen LogP contribution in [0.25, 0.3) is 0 Å². The quantitative estimate of drug-likeness (QED) is 0.728. The molecule has 2 aliphatic rings. The summed E-state index contributed by atoms with van der Waals surface area (Å²) in [4.78, 5) is 4.91. The highest BCUT2D eigenvalue weighted by Crippen LogP contribution is 2.19. The van der Waals surface area contributed by atoms with Crippen molar-refractivity contribution in [3.8, 4) is 11.8 Å². The van der Waals surface area contributed by atoms with Crippen LogP contribution >= 0.6 is 12.4 Å². The molecule has 2 saturated heterocycles. The van der Waals surface area contributed by atoms with Crippen molar-refractivity contribution in [1.29, 1.82) is 5.26 Å². The van der Waals surface area contributed by atoms with Gasteiger partial charge in [0.2, 0.25) is 0 Å². The van der Waals surface area contributed by atoms with Crippen LogP contribution in [0.3, 0.4) is 0 Å². The second-order valence-electron chi connectivity index (χ2n) is 6.53. The van der Waals surface area contributed by atoms with Crippen LogP contribution in [-0.4, -0.2) is 74.4 Å². The normalized spacial score (nSPS) is 23.5. The molecule has 2 N–H and O–H groups in total. The summed E-state index contributed by atoms with van der Waals surface area (Å²) in [5.74, 6) is 0.824. The van der Waals surface area contributed by atoms with Crippen LogP contribution in [0.1, 0.15) is 12.0 Å². The molecular formula is C18H27ClN4O2. The number of hydrogen-bond acceptors (Lipinski definition) is 6. The summed E-state index contributed by atoms with van der Waals surface area (Å²) >= 11 is 0. The third-order valence-electron chi connectivity index (χ3n) is 4.55. The minimum Gasteiger partial charge on any atom is -0.494 e. The number of nitrogens with two attached hydrogens (primary N) is 1. The molecular weight excluding hydrogens is 340 g/mol. The molecule has 25 heavy (non-hydrogen) atoms. The fourth-order valence-corrected chi connectivity index (χ4v) is 3.51. The molecule has 6 nitrogen and oxygen atoms in total. The highest BCUT2D eigenvalue weighted by molar-refractivity contribution is 5.85. The predicted octanol–water partition coefficient (Wildman–Crippen LogP) is 1.09. The van der Waals surface area contributed by atoms with Crippen molar-refractivity contribution in [2.75, 3.05) is 52.4 Å². The van der Waals surface area contributed by atoms with E-state index in [9.17, 15) is 0 Å². The zero-order valence-electron chi connectivity index (χ0n) is 14.5. The van der Waals surface area contributed by atoms with Crippen molar-refractivity contribution in [3.63, 3.8) is 0 Å². The van der Waals surface area contributed by atoms with E-state index in [1.807, 2.05) is 12.1 Å². The molecule has 0 amide bonds. The SMILES string of the molecule is Cl.N#Cc1ccc(OCCCN2CC3CN(CCN)CC(C2)O3)cc1. The third kappa shape index (κ3) is 5.84. The van der Waals surface area contributed by atoms with Gasteiger partial charge in [0.05, 0.1) is 30.4 Å². The van der Waals surface area contributed by atoms with Crippen LogP contribution in [0.15, 0.2) is 24.3 Å². The number of nitriles is 1. The second kappa shape index (κ2) is 9.95. The van der Waals surface area contributed by atoms with E-state index in [1.54, 1.807) is 12.1 Å². The summed E-state index contributed by atoms with van der Waals surface area (Å²) in [5.41, 5.74) is 6.32. The molecule has 0 radical (unpaired) electrons. The van der Waals surface area contributed by atoms with E-state index in [0.717, 1.165) is 58.0 Å². The van der Waals surface area contributed by atoms with Crippen molar-refractivity contribution < 1.29 is 9.47 Å². The molecule has 138 valence electrons. The maximum atomic E-state index is 8.79. The van der Waals surface area contributed by atoms with E-state index < -0.39 is 0 Å². The Labute approximate surface area is 155 Å². The first kappa shape index (κ1) is 20.0. The number of fused-ring (bicyclic) bond motifs is 2. The van der Waals surface area contributed by atoms with Crippen LogP contribution in [0.4, 0.5) is 0 Å². The van der Waals surface area contributed by atoms with Gasteiger partial charge in [0.1, 0.15) is 5.75 Å². The molecule has 1 aromatic rings. The molecule has 0 aliphatic carbocycles. The Hall–Kier alpha value is -1.36. The highest BCUT2D eigenvalue weighted by atomic mass is 35.5. The zero-order chi connectivity index (χ0) is 16.8. The van der Waals surface area contributed by atoms with Crippen molar-refractivity contribution >= 4 is 12.4 Å². The van der Waals surface area contributed by atoms with Gasteiger partial charge in [0.15, 0.2) is 0 Å². The van der Waals surface area contributed by atoms with E-state index >= 15 is 0 Å². The van der Waals surface area contributed by atoms with Gasteiger partial charge in [-0.2, -0.15) is 5.26 Å². The maximum Gasteiger partial charge on any atom is 0.119 e. The Kier molecular flexibility index (Phi) is 7.94. The predicted molar refractivity (Wildman–Crippen MR) is 99.1 cm³/mol. The van der Waals surface area contributed by atoms with Crippen LogP contribution in [0.2, 0.25) is 0 Å². The largest absolute Gasteiger partial charge is 0.494 e. The number of hydrogen-bond donors (Lipinski definition) is 1. The summed E-state index contributed by atoms with van der Waals surface area (Å²) in [5, 5.41) is 8.79. The molecule has 0 aromatic heterocycles. The van der Waals surface area contributed by atoms with E-state index in [4.69, 9.17) is 20.5 Å². The minimum atomic E-state index is 0. The monoisotopic (exact) mass is 366 g/mol. The lowest BCUT2D eigenvalue weighted by Gasteiger charge is -2.45. The fraction of sp³-hybridized carbons (Fsp3) is 0.611. The summed E-state index contributed by atoms with van der Waals surface area (Å²) in [6.45, 7) is 7.38. The van der Waals surface area contributed by atoms with Crippen LogP contribution in [-0.2, 0) is 4.74 Å². The first-order chi connectivity index (χ1) is 11.8. The molecule has 2 unspecified atom stereocenters. The second-order valence-corrected chi connectivity index (χ2v) is 6.53. The Balaban J connectivity index is 0.00000225. The van der Waals surface area contributed by atoms with Crippen molar-refractivity contribution in [3.05, 3.63) is 29.8 Å². The first-order valence-electron chi connectivity index (χ1n) is 8.70. The summed E-state index contributed by atoms with van der Waals surface area (Å²) in [6, 6.07) is 9.38. The highest BCUT2D eigenvalue weighted by Gasteiger charge is 2.34. The van der Waals surface area contributed by atoms with Gasteiger partial charge in [0.25, 0.3) is 0 Å². The number of benzene rings is 1. The van der Waals surface area contributed by atoms with E-state index in [-0.39, 0.29) is 12.4 Å².